The number of nitrogens with one attached hydrogen (secondary N) is 2. The number of aromatic amines is 1. The van der Waals surface area contributed by atoms with Gasteiger partial charge in [-0.3, -0.25) is 10.4 Å². The van der Waals surface area contributed by atoms with Crippen LogP contribution in [-0.4, -0.2) is 60.1 Å². The molecule has 2 rings (SSSR count). The smallest absolute Gasteiger partial charge is 0.377 e. The predicted molar refractivity (Wildman–Crippen MR) is 127 cm³/mol. The first-order valence-electron chi connectivity index (χ1n) is 11.6. The van der Waals surface area contributed by atoms with Crippen LogP contribution in [0.5, 0.6) is 0 Å². The van der Waals surface area contributed by atoms with Crippen molar-refractivity contribution in [3.63, 3.8) is 0 Å². The van der Waals surface area contributed by atoms with E-state index >= 15 is 0 Å². The third-order valence-electron chi connectivity index (χ3n) is 5.53. The second-order valence-corrected chi connectivity index (χ2v) is 11.8. The van der Waals surface area contributed by atoms with Gasteiger partial charge in [-0.2, -0.15) is 9.97 Å². The summed E-state index contributed by atoms with van der Waals surface area (Å²) in [6, 6.07) is 0.868. The Morgan fingerprint density at radius 1 is 0.844 bits per heavy atom. The Morgan fingerprint density at radius 3 is 2.03 bits per heavy atom. The van der Waals surface area contributed by atoms with Crippen LogP contribution in [0.1, 0.15) is 89.7 Å². The van der Waals surface area contributed by atoms with Gasteiger partial charge in [-0.1, -0.05) is 53.4 Å². The first kappa shape index (κ1) is 26.4. The van der Waals surface area contributed by atoms with E-state index in [1.54, 1.807) is 21.3 Å². The predicted octanol–water partition coefficient (Wildman–Crippen LogP) is 4.61. The van der Waals surface area contributed by atoms with Gasteiger partial charge in [-0.25, -0.2) is 4.68 Å². The largest absolute Gasteiger partial charge is 0.500 e. The fraction of sp³-hybridized carbons (Fsp3) is 0.810. The minimum atomic E-state index is -2.42. The third kappa shape index (κ3) is 7.64. The molecule has 0 fully saturated rings. The highest BCUT2D eigenvalue weighted by molar-refractivity contribution is 6.60. The molecule has 0 aliphatic rings. The SMILES string of the molecule is CO[Si](CCCCCCCCn1nc(Nc2n[nH]c(C(C)C)n2)nc1C(C)C)(OC)OC. The van der Waals surface area contributed by atoms with Crippen molar-refractivity contribution >= 4 is 20.7 Å². The van der Waals surface area contributed by atoms with Crippen LogP contribution in [0.15, 0.2) is 0 Å². The van der Waals surface area contributed by atoms with Crippen LogP contribution in [-0.2, 0) is 19.8 Å². The molecule has 0 amide bonds. The Hall–Kier alpha value is -1.82. The number of hydrogen-bond acceptors (Lipinski definition) is 8. The minimum Gasteiger partial charge on any atom is -0.377 e. The van der Waals surface area contributed by atoms with Crippen molar-refractivity contribution in [2.45, 2.75) is 90.6 Å². The zero-order valence-corrected chi connectivity index (χ0v) is 21.8. The van der Waals surface area contributed by atoms with E-state index < -0.39 is 8.80 Å². The lowest BCUT2D eigenvalue weighted by atomic mass is 10.1. The maximum Gasteiger partial charge on any atom is 0.500 e. The Kier molecular flexibility index (Phi) is 10.8. The maximum absolute atomic E-state index is 5.48. The normalized spacial score (nSPS) is 12.3. The summed E-state index contributed by atoms with van der Waals surface area (Å²) in [5, 5.41) is 14.9. The molecule has 2 heterocycles. The van der Waals surface area contributed by atoms with Gasteiger partial charge in [0.2, 0.25) is 11.9 Å². The Balaban J connectivity index is 1.75. The minimum absolute atomic E-state index is 0.291. The quantitative estimate of drug-likeness (QED) is 0.272. The molecular weight excluding hydrogens is 426 g/mol. The van der Waals surface area contributed by atoms with Crippen LogP contribution >= 0.6 is 0 Å². The summed E-state index contributed by atoms with van der Waals surface area (Å²) in [5.74, 6) is 3.46. The number of aryl methyl sites for hydroxylation is 1. The van der Waals surface area contributed by atoms with Crippen LogP contribution < -0.4 is 5.32 Å². The first-order chi connectivity index (χ1) is 15.3. The zero-order chi connectivity index (χ0) is 23.6. The van der Waals surface area contributed by atoms with E-state index in [2.05, 4.69) is 58.3 Å². The number of H-pyrrole nitrogens is 1. The van der Waals surface area contributed by atoms with Gasteiger partial charge in [0.25, 0.3) is 0 Å². The molecule has 2 aromatic rings. The summed E-state index contributed by atoms with van der Waals surface area (Å²) in [6.07, 6.45) is 6.87. The van der Waals surface area contributed by atoms with E-state index in [1.165, 1.54) is 19.3 Å². The molecule has 2 N–H and O–H groups in total. The zero-order valence-electron chi connectivity index (χ0n) is 20.8. The van der Waals surface area contributed by atoms with Crippen LogP contribution in [0.2, 0.25) is 6.04 Å². The molecule has 182 valence electrons. The lowest BCUT2D eigenvalue weighted by Crippen LogP contribution is -2.42. The van der Waals surface area contributed by atoms with Crippen LogP contribution in [0.3, 0.4) is 0 Å². The fourth-order valence-corrected chi connectivity index (χ4v) is 5.35. The number of hydrogen-bond donors (Lipinski definition) is 2. The topological polar surface area (TPSA) is 112 Å². The summed E-state index contributed by atoms with van der Waals surface area (Å²) in [4.78, 5) is 9.10. The summed E-state index contributed by atoms with van der Waals surface area (Å²) < 4.78 is 18.4. The molecule has 0 aromatic carbocycles. The molecule has 32 heavy (non-hydrogen) atoms. The molecule has 0 spiro atoms. The summed E-state index contributed by atoms with van der Waals surface area (Å²) in [7, 11) is 2.59. The molecule has 0 saturated heterocycles. The standard InChI is InChI=1S/C21H41N7O3Si/c1-16(2)18-22-20(26-25-18)24-21-23-19(17(3)4)28(27-21)14-12-10-8-9-11-13-15-32(29-5,30-6)31-7/h16-17H,8-15H2,1-7H3,(H2,22,24,25,26,27). The van der Waals surface area contributed by atoms with Gasteiger partial charge in [0, 0.05) is 45.8 Å². The molecule has 0 aliphatic carbocycles. The molecule has 2 aromatic heterocycles. The van der Waals surface area contributed by atoms with Crippen LogP contribution in [0, 0.1) is 0 Å². The van der Waals surface area contributed by atoms with Crippen molar-refractivity contribution in [2.24, 2.45) is 0 Å². The van der Waals surface area contributed by atoms with E-state index in [9.17, 15) is 0 Å². The van der Waals surface area contributed by atoms with Crippen molar-refractivity contribution < 1.29 is 13.3 Å². The number of aromatic nitrogens is 6. The highest BCUT2D eigenvalue weighted by atomic mass is 28.4. The number of anilines is 2. The summed E-state index contributed by atoms with van der Waals surface area (Å²) in [5.41, 5.74) is 0. The average Bonchev–Trinajstić information content (AvgIpc) is 3.41. The molecule has 0 radical (unpaired) electrons. The molecule has 0 unspecified atom stereocenters. The highest BCUT2D eigenvalue weighted by Gasteiger charge is 2.36. The second kappa shape index (κ2) is 13.0. The fourth-order valence-electron chi connectivity index (χ4n) is 3.55. The van der Waals surface area contributed by atoms with E-state index in [4.69, 9.17) is 13.3 Å². The van der Waals surface area contributed by atoms with Crippen molar-refractivity contribution in [3.05, 3.63) is 11.6 Å². The average molecular weight is 468 g/mol. The molecular formula is C21H41N7O3Si. The maximum atomic E-state index is 5.48. The van der Waals surface area contributed by atoms with Gasteiger partial charge in [-0.15, -0.1) is 10.2 Å². The van der Waals surface area contributed by atoms with Gasteiger partial charge in [0.05, 0.1) is 0 Å². The molecule has 0 aliphatic heterocycles. The number of rotatable bonds is 16. The summed E-state index contributed by atoms with van der Waals surface area (Å²) >= 11 is 0. The monoisotopic (exact) mass is 467 g/mol. The van der Waals surface area contributed by atoms with Crippen molar-refractivity contribution in [2.75, 3.05) is 26.6 Å². The second-order valence-electron chi connectivity index (χ2n) is 8.66. The Labute approximate surface area is 193 Å². The Bertz CT molecular complexity index is 782. The molecule has 0 atom stereocenters. The van der Waals surface area contributed by atoms with Crippen LogP contribution in [0.25, 0.3) is 0 Å². The Morgan fingerprint density at radius 2 is 1.47 bits per heavy atom. The molecule has 0 saturated carbocycles. The van der Waals surface area contributed by atoms with Gasteiger partial charge in [0.1, 0.15) is 11.6 Å². The third-order valence-corrected chi connectivity index (χ3v) is 8.36. The van der Waals surface area contributed by atoms with E-state index in [-0.39, 0.29) is 0 Å². The number of unbranched alkanes of at least 4 members (excludes halogenated alkanes) is 5. The van der Waals surface area contributed by atoms with Crippen molar-refractivity contribution in [3.8, 4) is 0 Å². The number of nitrogens with zero attached hydrogens (tertiary/aromatic N) is 5. The van der Waals surface area contributed by atoms with Gasteiger partial charge in [0.15, 0.2) is 0 Å². The summed E-state index contributed by atoms with van der Waals surface area (Å²) in [6.45, 7) is 9.28. The van der Waals surface area contributed by atoms with Crippen molar-refractivity contribution in [1.29, 1.82) is 0 Å². The molecule has 10 nitrogen and oxygen atoms in total. The highest BCUT2D eigenvalue weighted by Crippen LogP contribution is 2.20. The van der Waals surface area contributed by atoms with Gasteiger partial charge < -0.3 is 13.3 Å². The van der Waals surface area contributed by atoms with Gasteiger partial charge in [-0.05, 0) is 12.8 Å². The van der Waals surface area contributed by atoms with E-state index in [0.29, 0.717) is 23.7 Å². The molecule has 11 heteroatoms. The van der Waals surface area contributed by atoms with Crippen LogP contribution in [0.4, 0.5) is 11.9 Å². The van der Waals surface area contributed by atoms with Crippen molar-refractivity contribution in [1.82, 2.24) is 29.9 Å². The van der Waals surface area contributed by atoms with E-state index in [1.807, 2.05) is 4.68 Å². The lowest BCUT2D eigenvalue weighted by molar-refractivity contribution is 0.122. The van der Waals surface area contributed by atoms with Gasteiger partial charge >= 0.3 is 8.80 Å². The van der Waals surface area contributed by atoms with E-state index in [0.717, 1.165) is 43.5 Å². The first-order valence-corrected chi connectivity index (χ1v) is 13.6. The lowest BCUT2D eigenvalue weighted by Gasteiger charge is -2.24. The molecule has 0 bridgehead atoms.